The maximum atomic E-state index is 9.97. The van der Waals surface area contributed by atoms with Gasteiger partial charge in [0.15, 0.2) is 0 Å². The van der Waals surface area contributed by atoms with Crippen molar-refractivity contribution in [3.8, 4) is 0 Å². The summed E-state index contributed by atoms with van der Waals surface area (Å²) in [4.78, 5) is 12.3. The molecule has 1 atom stereocenters. The fraction of sp³-hybridized carbons (Fsp3) is 0.250. The normalized spacial score (nSPS) is 12.4. The van der Waals surface area contributed by atoms with Crippen molar-refractivity contribution in [1.82, 2.24) is 15.0 Å². The van der Waals surface area contributed by atoms with E-state index in [-0.39, 0.29) is 0 Å². The van der Waals surface area contributed by atoms with Crippen LogP contribution >= 0.6 is 0 Å². The first-order valence-electron chi connectivity index (χ1n) is 5.13. The van der Waals surface area contributed by atoms with Gasteiger partial charge < -0.3 is 5.11 Å². The molecule has 0 aliphatic heterocycles. The van der Waals surface area contributed by atoms with Crippen LogP contribution in [0.15, 0.2) is 36.7 Å². The average Bonchev–Trinajstić information content (AvgIpc) is 2.30. The Hall–Kier alpha value is -1.81. The van der Waals surface area contributed by atoms with Gasteiger partial charge in [-0.2, -0.15) is 0 Å². The number of aryl methyl sites for hydroxylation is 1. The fourth-order valence-electron chi connectivity index (χ4n) is 1.48. The van der Waals surface area contributed by atoms with Gasteiger partial charge in [-0.3, -0.25) is 4.98 Å². The summed E-state index contributed by atoms with van der Waals surface area (Å²) in [6, 6.07) is 7.36. The van der Waals surface area contributed by atoms with E-state index in [4.69, 9.17) is 0 Å². The molecule has 0 aromatic carbocycles. The van der Waals surface area contributed by atoms with Gasteiger partial charge in [0.2, 0.25) is 0 Å². The maximum absolute atomic E-state index is 9.97. The molecule has 0 fully saturated rings. The second-order valence-corrected chi connectivity index (χ2v) is 3.57. The van der Waals surface area contributed by atoms with Gasteiger partial charge >= 0.3 is 0 Å². The highest BCUT2D eigenvalue weighted by Gasteiger charge is 2.10. The van der Waals surface area contributed by atoms with Crippen LogP contribution in [0.4, 0.5) is 0 Å². The van der Waals surface area contributed by atoms with Gasteiger partial charge in [-0.15, -0.1) is 0 Å². The Kier molecular flexibility index (Phi) is 3.22. The molecule has 2 rings (SSSR count). The van der Waals surface area contributed by atoms with Gasteiger partial charge in [-0.1, -0.05) is 6.07 Å². The summed E-state index contributed by atoms with van der Waals surface area (Å²) in [5.74, 6) is 0.664. The molecule has 4 nitrogen and oxygen atoms in total. The summed E-state index contributed by atoms with van der Waals surface area (Å²) < 4.78 is 0. The van der Waals surface area contributed by atoms with Crippen molar-refractivity contribution in [3.05, 3.63) is 53.9 Å². The van der Waals surface area contributed by atoms with E-state index in [2.05, 4.69) is 15.0 Å². The van der Waals surface area contributed by atoms with E-state index >= 15 is 0 Å². The third-order valence-electron chi connectivity index (χ3n) is 2.27. The van der Waals surface area contributed by atoms with Crippen LogP contribution in [-0.2, 0) is 6.42 Å². The largest absolute Gasteiger partial charge is 0.386 e. The molecule has 0 saturated carbocycles. The minimum absolute atomic E-state index is 0.470. The molecule has 0 saturated heterocycles. The second kappa shape index (κ2) is 4.81. The highest BCUT2D eigenvalue weighted by molar-refractivity contribution is 5.11. The van der Waals surface area contributed by atoms with Gasteiger partial charge in [0.25, 0.3) is 0 Å². The third kappa shape index (κ3) is 2.61. The standard InChI is InChI=1S/C12H13N3O/c1-9-13-7-5-11(15-9)12(16)8-10-4-2-3-6-14-10/h2-7,12,16H,8H2,1H3. The van der Waals surface area contributed by atoms with Crippen molar-refractivity contribution < 1.29 is 5.11 Å². The van der Waals surface area contributed by atoms with Crippen LogP contribution in [0.5, 0.6) is 0 Å². The first kappa shape index (κ1) is 10.7. The van der Waals surface area contributed by atoms with Crippen LogP contribution in [0.3, 0.4) is 0 Å². The Balaban J connectivity index is 2.12. The minimum atomic E-state index is -0.628. The van der Waals surface area contributed by atoms with E-state index in [9.17, 15) is 5.11 Å². The SMILES string of the molecule is Cc1nccc(C(O)Cc2ccccn2)n1. The third-order valence-corrected chi connectivity index (χ3v) is 2.27. The van der Waals surface area contributed by atoms with Crippen LogP contribution in [0, 0.1) is 6.92 Å². The van der Waals surface area contributed by atoms with E-state index < -0.39 is 6.10 Å². The zero-order chi connectivity index (χ0) is 11.4. The maximum Gasteiger partial charge on any atom is 0.125 e. The molecule has 2 aromatic rings. The Bertz CT molecular complexity index is 459. The number of hydrogen-bond acceptors (Lipinski definition) is 4. The number of aliphatic hydroxyl groups is 1. The zero-order valence-electron chi connectivity index (χ0n) is 9.04. The molecule has 16 heavy (non-hydrogen) atoms. The Morgan fingerprint density at radius 3 is 2.75 bits per heavy atom. The molecule has 0 aliphatic carbocycles. The molecular formula is C12H13N3O. The van der Waals surface area contributed by atoms with Crippen LogP contribution in [0.1, 0.15) is 23.3 Å². The van der Waals surface area contributed by atoms with Crippen molar-refractivity contribution in [2.75, 3.05) is 0 Å². The zero-order valence-corrected chi connectivity index (χ0v) is 9.04. The predicted molar refractivity (Wildman–Crippen MR) is 59.7 cm³/mol. The molecule has 82 valence electrons. The van der Waals surface area contributed by atoms with Gasteiger partial charge in [0.05, 0.1) is 5.69 Å². The highest BCUT2D eigenvalue weighted by atomic mass is 16.3. The number of hydrogen-bond donors (Lipinski definition) is 1. The second-order valence-electron chi connectivity index (χ2n) is 3.57. The number of nitrogens with zero attached hydrogens (tertiary/aromatic N) is 3. The average molecular weight is 215 g/mol. The lowest BCUT2D eigenvalue weighted by atomic mass is 10.1. The van der Waals surface area contributed by atoms with Crippen molar-refractivity contribution in [2.45, 2.75) is 19.4 Å². The predicted octanol–water partition coefficient (Wildman–Crippen LogP) is 1.46. The topological polar surface area (TPSA) is 58.9 Å². The van der Waals surface area contributed by atoms with Crippen LogP contribution < -0.4 is 0 Å². The highest BCUT2D eigenvalue weighted by Crippen LogP contribution is 2.14. The van der Waals surface area contributed by atoms with E-state index in [0.29, 0.717) is 17.9 Å². The summed E-state index contributed by atoms with van der Waals surface area (Å²) in [6.07, 6.45) is 3.21. The summed E-state index contributed by atoms with van der Waals surface area (Å²) in [7, 11) is 0. The first-order valence-corrected chi connectivity index (χ1v) is 5.13. The first-order chi connectivity index (χ1) is 7.75. The molecular weight excluding hydrogens is 202 g/mol. The molecule has 0 amide bonds. The monoisotopic (exact) mass is 215 g/mol. The molecule has 0 radical (unpaired) electrons. The summed E-state index contributed by atoms with van der Waals surface area (Å²) >= 11 is 0. The van der Waals surface area contributed by atoms with Gasteiger partial charge in [-0.05, 0) is 25.1 Å². The summed E-state index contributed by atoms with van der Waals surface area (Å²) in [5, 5.41) is 9.97. The van der Waals surface area contributed by atoms with Gasteiger partial charge in [0, 0.05) is 24.5 Å². The van der Waals surface area contributed by atoms with E-state index in [1.165, 1.54) is 0 Å². The minimum Gasteiger partial charge on any atom is -0.386 e. The molecule has 0 bridgehead atoms. The Labute approximate surface area is 94.0 Å². The summed E-state index contributed by atoms with van der Waals surface area (Å²) in [5.41, 5.74) is 1.49. The fourth-order valence-corrected chi connectivity index (χ4v) is 1.48. The van der Waals surface area contributed by atoms with E-state index in [1.807, 2.05) is 18.2 Å². The van der Waals surface area contributed by atoms with Crippen molar-refractivity contribution in [3.63, 3.8) is 0 Å². The van der Waals surface area contributed by atoms with Crippen molar-refractivity contribution >= 4 is 0 Å². The Morgan fingerprint density at radius 1 is 1.19 bits per heavy atom. The van der Waals surface area contributed by atoms with E-state index in [1.54, 1.807) is 25.4 Å². The summed E-state index contributed by atoms with van der Waals surface area (Å²) in [6.45, 7) is 1.80. The molecule has 4 heteroatoms. The number of rotatable bonds is 3. The number of aromatic nitrogens is 3. The smallest absolute Gasteiger partial charge is 0.125 e. The van der Waals surface area contributed by atoms with Gasteiger partial charge in [-0.25, -0.2) is 9.97 Å². The molecule has 1 N–H and O–H groups in total. The molecule has 1 unspecified atom stereocenters. The quantitative estimate of drug-likeness (QED) is 0.842. The van der Waals surface area contributed by atoms with Crippen LogP contribution in [0.2, 0.25) is 0 Å². The van der Waals surface area contributed by atoms with E-state index in [0.717, 1.165) is 5.69 Å². The van der Waals surface area contributed by atoms with Crippen molar-refractivity contribution in [1.29, 1.82) is 0 Å². The lowest BCUT2D eigenvalue weighted by Crippen LogP contribution is -2.06. The lowest BCUT2D eigenvalue weighted by molar-refractivity contribution is 0.172. The van der Waals surface area contributed by atoms with Gasteiger partial charge in [0.1, 0.15) is 11.9 Å². The molecule has 2 heterocycles. The number of aliphatic hydroxyl groups excluding tert-OH is 1. The molecule has 0 aliphatic rings. The van der Waals surface area contributed by atoms with Crippen LogP contribution in [-0.4, -0.2) is 20.1 Å². The number of pyridine rings is 1. The Morgan fingerprint density at radius 2 is 2.06 bits per heavy atom. The lowest BCUT2D eigenvalue weighted by Gasteiger charge is -2.09. The molecule has 2 aromatic heterocycles. The van der Waals surface area contributed by atoms with Crippen molar-refractivity contribution in [2.24, 2.45) is 0 Å². The van der Waals surface area contributed by atoms with Crippen LogP contribution in [0.25, 0.3) is 0 Å². The molecule has 0 spiro atoms.